The smallest absolute Gasteiger partial charge is 0.285 e. The molecule has 1 aromatic rings. The van der Waals surface area contributed by atoms with Crippen molar-refractivity contribution in [3.05, 3.63) is 21.6 Å². The Morgan fingerprint density at radius 3 is 3.28 bits per heavy atom. The van der Waals surface area contributed by atoms with Crippen molar-refractivity contribution < 1.29 is 4.74 Å². The molecule has 1 aromatic heterocycles. The van der Waals surface area contributed by atoms with Crippen LogP contribution in [0.25, 0.3) is 0 Å². The lowest BCUT2D eigenvalue weighted by Gasteiger charge is -2.34. The highest BCUT2D eigenvalue weighted by atomic mass is 35.5. The largest absolute Gasteiger partial charge is 0.381 e. The molecule has 0 radical (unpaired) electrons. The topological polar surface area (TPSA) is 58.2 Å². The molecule has 1 aliphatic heterocycles. The summed E-state index contributed by atoms with van der Waals surface area (Å²) < 4.78 is 5.47. The van der Waals surface area contributed by atoms with E-state index in [1.165, 1.54) is 0 Å². The molecule has 6 heteroatoms. The van der Waals surface area contributed by atoms with Crippen molar-refractivity contribution in [2.75, 3.05) is 31.2 Å². The van der Waals surface area contributed by atoms with E-state index >= 15 is 0 Å². The van der Waals surface area contributed by atoms with Crippen molar-refractivity contribution in [1.29, 1.82) is 0 Å². The van der Waals surface area contributed by atoms with Crippen molar-refractivity contribution in [2.24, 2.45) is 5.92 Å². The van der Waals surface area contributed by atoms with Gasteiger partial charge in [-0.05, 0) is 25.7 Å². The van der Waals surface area contributed by atoms with Crippen LogP contribution in [0.3, 0.4) is 0 Å². The molecule has 0 saturated carbocycles. The molecule has 2 rings (SSSR count). The van der Waals surface area contributed by atoms with Crippen molar-refractivity contribution in [3.8, 4) is 0 Å². The molecular weight excluding hydrogens is 254 g/mol. The van der Waals surface area contributed by atoms with Crippen LogP contribution in [-0.2, 0) is 4.74 Å². The number of anilines is 1. The highest BCUT2D eigenvalue weighted by molar-refractivity contribution is 6.32. The van der Waals surface area contributed by atoms with Crippen LogP contribution < -0.4 is 10.5 Å². The summed E-state index contributed by atoms with van der Waals surface area (Å²) >= 11 is 6.02. The van der Waals surface area contributed by atoms with Gasteiger partial charge in [0.15, 0.2) is 0 Å². The minimum Gasteiger partial charge on any atom is -0.381 e. The molecule has 100 valence electrons. The Bertz CT molecular complexity index is 449. The van der Waals surface area contributed by atoms with Crippen molar-refractivity contribution in [2.45, 2.75) is 19.8 Å². The van der Waals surface area contributed by atoms with E-state index in [-0.39, 0.29) is 10.6 Å². The van der Waals surface area contributed by atoms with Crippen LogP contribution in [-0.4, -0.2) is 36.5 Å². The third-order valence-electron chi connectivity index (χ3n) is 3.19. The van der Waals surface area contributed by atoms with Gasteiger partial charge >= 0.3 is 0 Å². The van der Waals surface area contributed by atoms with Gasteiger partial charge in [-0.1, -0.05) is 11.6 Å². The molecule has 1 unspecified atom stereocenters. The van der Waals surface area contributed by atoms with Gasteiger partial charge in [-0.2, -0.15) is 5.10 Å². The summed E-state index contributed by atoms with van der Waals surface area (Å²) in [7, 11) is 0. The first-order valence-electron chi connectivity index (χ1n) is 6.28. The number of nitrogens with one attached hydrogen (secondary N) is 1. The Morgan fingerprint density at radius 1 is 1.67 bits per heavy atom. The minimum absolute atomic E-state index is 0.224. The monoisotopic (exact) mass is 271 g/mol. The van der Waals surface area contributed by atoms with E-state index in [2.05, 4.69) is 15.1 Å². The maximum Gasteiger partial charge on any atom is 0.285 e. The van der Waals surface area contributed by atoms with Crippen LogP contribution in [0.4, 0.5) is 5.69 Å². The number of ether oxygens (including phenoxy) is 1. The Kier molecular flexibility index (Phi) is 4.60. The molecule has 0 bridgehead atoms. The van der Waals surface area contributed by atoms with Crippen LogP contribution >= 0.6 is 11.6 Å². The average Bonchev–Trinajstić information content (AvgIpc) is 2.40. The molecule has 5 nitrogen and oxygen atoms in total. The fourth-order valence-electron chi connectivity index (χ4n) is 2.30. The summed E-state index contributed by atoms with van der Waals surface area (Å²) in [6, 6.07) is 0. The number of nitrogens with zero attached hydrogens (tertiary/aromatic N) is 2. The Balaban J connectivity index is 2.08. The first kappa shape index (κ1) is 13.4. The van der Waals surface area contributed by atoms with E-state index in [0.29, 0.717) is 5.92 Å². The number of piperidine rings is 1. The highest BCUT2D eigenvalue weighted by Gasteiger charge is 2.22. The molecule has 0 aromatic carbocycles. The number of hydrogen-bond acceptors (Lipinski definition) is 4. The first-order chi connectivity index (χ1) is 8.72. The van der Waals surface area contributed by atoms with Gasteiger partial charge in [0.05, 0.1) is 18.5 Å². The number of halogens is 1. The fourth-order valence-corrected chi connectivity index (χ4v) is 2.51. The van der Waals surface area contributed by atoms with Crippen LogP contribution in [0, 0.1) is 5.92 Å². The van der Waals surface area contributed by atoms with Gasteiger partial charge in [-0.25, -0.2) is 5.10 Å². The second-order valence-corrected chi connectivity index (χ2v) is 4.89. The molecule has 1 atom stereocenters. The van der Waals surface area contributed by atoms with E-state index in [0.717, 1.165) is 44.8 Å². The average molecular weight is 272 g/mol. The number of H-pyrrole nitrogens is 1. The maximum absolute atomic E-state index is 11.4. The molecule has 0 amide bonds. The summed E-state index contributed by atoms with van der Waals surface area (Å²) in [4.78, 5) is 13.6. The quantitative estimate of drug-likeness (QED) is 0.905. The number of hydrogen-bond donors (Lipinski definition) is 1. The predicted molar refractivity (Wildman–Crippen MR) is 71.3 cm³/mol. The van der Waals surface area contributed by atoms with E-state index in [4.69, 9.17) is 16.3 Å². The summed E-state index contributed by atoms with van der Waals surface area (Å²) in [6.45, 7) is 5.28. The molecule has 1 fully saturated rings. The highest BCUT2D eigenvalue weighted by Crippen LogP contribution is 2.26. The van der Waals surface area contributed by atoms with E-state index in [1.54, 1.807) is 6.20 Å². The van der Waals surface area contributed by atoms with Crippen molar-refractivity contribution in [1.82, 2.24) is 10.2 Å². The summed E-state index contributed by atoms with van der Waals surface area (Å²) in [6.07, 6.45) is 3.86. The Hall–Kier alpha value is -1.07. The van der Waals surface area contributed by atoms with Crippen LogP contribution in [0.15, 0.2) is 11.0 Å². The Labute approximate surface area is 111 Å². The van der Waals surface area contributed by atoms with Crippen molar-refractivity contribution >= 4 is 17.3 Å². The lowest BCUT2D eigenvalue weighted by molar-refractivity contribution is 0.104. The standard InChI is InChI=1S/C12H18ClN3O2/c1-2-18-8-9-4-3-5-16(7-9)10-6-14-15-12(17)11(10)13/h6,9H,2-5,7-8H2,1H3,(H,15,17). The van der Waals surface area contributed by atoms with Crippen LogP contribution in [0.2, 0.25) is 5.02 Å². The number of rotatable bonds is 4. The van der Waals surface area contributed by atoms with Gasteiger partial charge in [0.25, 0.3) is 5.56 Å². The van der Waals surface area contributed by atoms with Crippen LogP contribution in [0.5, 0.6) is 0 Å². The molecule has 1 saturated heterocycles. The normalized spacial score (nSPS) is 20.1. The minimum atomic E-state index is -0.332. The third kappa shape index (κ3) is 3.03. The van der Waals surface area contributed by atoms with E-state index in [1.807, 2.05) is 6.92 Å². The van der Waals surface area contributed by atoms with Gasteiger partial charge in [0.1, 0.15) is 5.02 Å². The van der Waals surface area contributed by atoms with Gasteiger partial charge in [-0.15, -0.1) is 0 Å². The van der Waals surface area contributed by atoms with Gasteiger partial charge in [0, 0.05) is 19.7 Å². The molecule has 2 heterocycles. The van der Waals surface area contributed by atoms with Gasteiger partial charge in [-0.3, -0.25) is 4.79 Å². The zero-order valence-corrected chi connectivity index (χ0v) is 11.2. The zero-order chi connectivity index (χ0) is 13.0. The lowest BCUT2D eigenvalue weighted by Crippen LogP contribution is -2.38. The SMILES string of the molecule is CCOCC1CCCN(c2cn[nH]c(=O)c2Cl)C1. The lowest BCUT2D eigenvalue weighted by atomic mass is 9.98. The van der Waals surface area contributed by atoms with Crippen molar-refractivity contribution in [3.63, 3.8) is 0 Å². The molecular formula is C12H18ClN3O2. The third-order valence-corrected chi connectivity index (χ3v) is 3.56. The second-order valence-electron chi connectivity index (χ2n) is 4.51. The Morgan fingerprint density at radius 2 is 2.50 bits per heavy atom. The molecule has 1 aliphatic rings. The molecule has 0 aliphatic carbocycles. The van der Waals surface area contributed by atoms with Crippen LogP contribution in [0.1, 0.15) is 19.8 Å². The molecule has 18 heavy (non-hydrogen) atoms. The zero-order valence-electron chi connectivity index (χ0n) is 10.5. The van der Waals surface area contributed by atoms with E-state index < -0.39 is 0 Å². The summed E-state index contributed by atoms with van der Waals surface area (Å²) in [5.41, 5.74) is 0.391. The van der Waals surface area contributed by atoms with Gasteiger partial charge in [0.2, 0.25) is 0 Å². The number of aromatic nitrogens is 2. The van der Waals surface area contributed by atoms with Gasteiger partial charge < -0.3 is 9.64 Å². The van der Waals surface area contributed by atoms with E-state index in [9.17, 15) is 4.79 Å². The predicted octanol–water partition coefficient (Wildman–Crippen LogP) is 1.68. The second kappa shape index (κ2) is 6.20. The molecule has 0 spiro atoms. The summed E-state index contributed by atoms with van der Waals surface area (Å²) in [5.74, 6) is 0.494. The number of aromatic amines is 1. The first-order valence-corrected chi connectivity index (χ1v) is 6.66. The fraction of sp³-hybridized carbons (Fsp3) is 0.667. The maximum atomic E-state index is 11.4. The summed E-state index contributed by atoms with van der Waals surface area (Å²) in [5, 5.41) is 6.37. The molecule has 1 N–H and O–H groups in total.